The quantitative estimate of drug-likeness (QED) is 0.651. The molecule has 2 aromatic carbocycles. The van der Waals surface area contributed by atoms with Gasteiger partial charge in [0.1, 0.15) is 6.61 Å². The molecule has 0 radical (unpaired) electrons. The molecule has 6 heteroatoms. The number of methoxy groups -OCH3 is 1. The summed E-state index contributed by atoms with van der Waals surface area (Å²) in [5, 5.41) is 4.89. The molecular formula is C22H28Cl2N2O2. The average molecular weight is 423 g/mol. The summed E-state index contributed by atoms with van der Waals surface area (Å²) in [6, 6.07) is 9.72. The molecule has 2 aromatic rings. The van der Waals surface area contributed by atoms with Gasteiger partial charge in [0.25, 0.3) is 0 Å². The first-order valence-corrected chi connectivity index (χ1v) is 10.6. The van der Waals surface area contributed by atoms with Crippen LogP contribution in [-0.4, -0.2) is 44.8 Å². The Morgan fingerprint density at radius 1 is 1.11 bits per heavy atom. The lowest BCUT2D eigenvalue weighted by Gasteiger charge is -2.30. The van der Waals surface area contributed by atoms with Crippen LogP contribution in [0.25, 0.3) is 0 Å². The number of hydrogen-bond donors (Lipinski definition) is 1. The summed E-state index contributed by atoms with van der Waals surface area (Å²) < 4.78 is 11.7. The largest absolute Gasteiger partial charge is 0.493 e. The molecule has 3 rings (SSSR count). The van der Waals surface area contributed by atoms with Crippen molar-refractivity contribution in [3.05, 3.63) is 57.1 Å². The summed E-state index contributed by atoms with van der Waals surface area (Å²) >= 11 is 13.0. The molecule has 0 saturated carbocycles. The van der Waals surface area contributed by atoms with Gasteiger partial charge in [-0.15, -0.1) is 0 Å². The number of hydrogen-bond acceptors (Lipinski definition) is 4. The van der Waals surface area contributed by atoms with Crippen molar-refractivity contribution in [2.24, 2.45) is 0 Å². The number of fused-ring (bicyclic) bond motifs is 1. The van der Waals surface area contributed by atoms with Crippen LogP contribution in [0.5, 0.6) is 11.5 Å². The predicted octanol–water partition coefficient (Wildman–Crippen LogP) is 4.96. The topological polar surface area (TPSA) is 33.7 Å². The maximum atomic E-state index is 6.49. The van der Waals surface area contributed by atoms with E-state index in [0.717, 1.165) is 55.2 Å². The van der Waals surface area contributed by atoms with E-state index in [1.54, 1.807) is 7.11 Å². The van der Waals surface area contributed by atoms with Crippen molar-refractivity contribution in [1.29, 1.82) is 0 Å². The molecule has 0 spiro atoms. The Kier molecular flexibility index (Phi) is 7.47. The molecule has 1 aliphatic heterocycles. The van der Waals surface area contributed by atoms with Gasteiger partial charge in [0.15, 0.2) is 11.5 Å². The van der Waals surface area contributed by atoms with Crippen LogP contribution in [0.2, 0.25) is 10.0 Å². The van der Waals surface area contributed by atoms with E-state index in [0.29, 0.717) is 16.7 Å². The summed E-state index contributed by atoms with van der Waals surface area (Å²) in [5.74, 6) is 1.52. The maximum Gasteiger partial charge on any atom is 0.161 e. The van der Waals surface area contributed by atoms with Gasteiger partial charge >= 0.3 is 0 Å². The maximum absolute atomic E-state index is 6.49. The van der Waals surface area contributed by atoms with Crippen LogP contribution in [-0.2, 0) is 6.42 Å². The molecule has 1 atom stereocenters. The first-order valence-electron chi connectivity index (χ1n) is 9.82. The van der Waals surface area contributed by atoms with Gasteiger partial charge in [0.2, 0.25) is 0 Å². The summed E-state index contributed by atoms with van der Waals surface area (Å²) in [6.07, 6.45) is 0.921. The normalized spacial score (nSPS) is 16.1. The Bertz CT molecular complexity index is 789. The molecule has 0 aliphatic carbocycles. The SMILES string of the molecule is CCN(CC)CCOc1cc2c(cc1OC)CCNC2c1c(Cl)cccc1Cl. The van der Waals surface area contributed by atoms with Crippen molar-refractivity contribution < 1.29 is 9.47 Å². The number of benzene rings is 2. The van der Waals surface area contributed by atoms with E-state index in [1.807, 2.05) is 18.2 Å². The van der Waals surface area contributed by atoms with E-state index >= 15 is 0 Å². The van der Waals surface area contributed by atoms with Gasteiger partial charge in [0.05, 0.1) is 13.2 Å². The standard InChI is InChI=1S/C22H28Cl2N2O2/c1-4-26(5-2)11-12-28-20-14-16-15(13-19(20)27-3)9-10-25-22(16)21-17(23)7-6-8-18(21)24/h6-8,13-14,22,25H,4-5,9-12H2,1-3H3. The fourth-order valence-corrected chi connectivity index (χ4v) is 4.32. The van der Waals surface area contributed by atoms with E-state index in [1.165, 1.54) is 5.56 Å². The van der Waals surface area contributed by atoms with Gasteiger partial charge < -0.3 is 19.7 Å². The predicted molar refractivity (Wildman–Crippen MR) is 116 cm³/mol. The Morgan fingerprint density at radius 3 is 2.46 bits per heavy atom. The fourth-order valence-electron chi connectivity index (χ4n) is 3.71. The number of nitrogens with zero attached hydrogens (tertiary/aromatic N) is 1. The third-order valence-electron chi connectivity index (χ3n) is 5.33. The van der Waals surface area contributed by atoms with Crippen molar-refractivity contribution >= 4 is 23.2 Å². The van der Waals surface area contributed by atoms with Crippen LogP contribution < -0.4 is 14.8 Å². The summed E-state index contributed by atoms with van der Waals surface area (Å²) in [7, 11) is 1.68. The molecule has 0 aromatic heterocycles. The second kappa shape index (κ2) is 9.84. The number of nitrogens with one attached hydrogen (secondary N) is 1. The first-order chi connectivity index (χ1) is 13.6. The van der Waals surface area contributed by atoms with Gasteiger partial charge in [-0.1, -0.05) is 43.1 Å². The number of halogens is 2. The smallest absolute Gasteiger partial charge is 0.161 e. The zero-order chi connectivity index (χ0) is 20.1. The molecule has 28 heavy (non-hydrogen) atoms. The number of likely N-dealkylation sites (N-methyl/N-ethyl adjacent to an activating group) is 1. The van der Waals surface area contributed by atoms with E-state index < -0.39 is 0 Å². The second-order valence-corrected chi connectivity index (χ2v) is 7.66. The Hall–Kier alpha value is -1.46. The second-order valence-electron chi connectivity index (χ2n) is 6.85. The zero-order valence-corrected chi connectivity index (χ0v) is 18.2. The van der Waals surface area contributed by atoms with E-state index in [-0.39, 0.29) is 6.04 Å². The molecule has 0 bridgehead atoms. The molecule has 1 heterocycles. The fraction of sp³-hybridized carbons (Fsp3) is 0.455. The third kappa shape index (κ3) is 4.57. The van der Waals surface area contributed by atoms with Crippen molar-refractivity contribution in [2.75, 3.05) is 39.9 Å². The van der Waals surface area contributed by atoms with Crippen LogP contribution in [0.15, 0.2) is 30.3 Å². The molecule has 4 nitrogen and oxygen atoms in total. The Balaban J connectivity index is 1.92. The molecular weight excluding hydrogens is 395 g/mol. The molecule has 1 aliphatic rings. The molecule has 152 valence electrons. The van der Waals surface area contributed by atoms with Crippen molar-refractivity contribution in [2.45, 2.75) is 26.3 Å². The minimum Gasteiger partial charge on any atom is -0.493 e. The van der Waals surface area contributed by atoms with Gasteiger partial charge in [-0.25, -0.2) is 0 Å². The van der Waals surface area contributed by atoms with Crippen molar-refractivity contribution in [1.82, 2.24) is 10.2 Å². The molecule has 0 saturated heterocycles. The van der Waals surface area contributed by atoms with Crippen molar-refractivity contribution in [3.63, 3.8) is 0 Å². The van der Waals surface area contributed by atoms with Crippen LogP contribution >= 0.6 is 23.2 Å². The summed E-state index contributed by atoms with van der Waals surface area (Å²) in [6.45, 7) is 8.69. The minimum atomic E-state index is -0.0685. The van der Waals surface area contributed by atoms with Crippen LogP contribution in [0.3, 0.4) is 0 Å². The van der Waals surface area contributed by atoms with Gasteiger partial charge in [0, 0.05) is 28.7 Å². The lowest BCUT2D eigenvalue weighted by atomic mass is 9.89. The number of ether oxygens (including phenoxy) is 2. The highest BCUT2D eigenvalue weighted by Gasteiger charge is 2.27. The highest BCUT2D eigenvalue weighted by Crippen LogP contribution is 2.41. The Labute approximate surface area is 177 Å². The summed E-state index contributed by atoms with van der Waals surface area (Å²) in [5.41, 5.74) is 3.28. The van der Waals surface area contributed by atoms with Crippen LogP contribution in [0.1, 0.15) is 36.6 Å². The molecule has 1 N–H and O–H groups in total. The van der Waals surface area contributed by atoms with Gasteiger partial charge in [-0.05, 0) is 54.9 Å². The highest BCUT2D eigenvalue weighted by atomic mass is 35.5. The lowest BCUT2D eigenvalue weighted by Crippen LogP contribution is -2.31. The minimum absolute atomic E-state index is 0.0685. The average Bonchev–Trinajstić information content (AvgIpc) is 2.70. The highest BCUT2D eigenvalue weighted by molar-refractivity contribution is 6.36. The van der Waals surface area contributed by atoms with Gasteiger partial charge in [-0.3, -0.25) is 0 Å². The molecule has 0 amide bonds. The molecule has 0 fully saturated rings. The third-order valence-corrected chi connectivity index (χ3v) is 5.99. The van der Waals surface area contributed by atoms with Crippen molar-refractivity contribution in [3.8, 4) is 11.5 Å². The molecule has 1 unspecified atom stereocenters. The van der Waals surface area contributed by atoms with Crippen LogP contribution in [0.4, 0.5) is 0 Å². The van der Waals surface area contributed by atoms with Gasteiger partial charge in [-0.2, -0.15) is 0 Å². The lowest BCUT2D eigenvalue weighted by molar-refractivity contribution is 0.217. The number of rotatable bonds is 8. The zero-order valence-electron chi connectivity index (χ0n) is 16.7. The van der Waals surface area contributed by atoms with E-state index in [2.05, 4.69) is 36.2 Å². The monoisotopic (exact) mass is 422 g/mol. The first kappa shape index (κ1) is 21.3. The Morgan fingerprint density at radius 2 is 1.82 bits per heavy atom. The van der Waals surface area contributed by atoms with E-state index in [9.17, 15) is 0 Å². The van der Waals surface area contributed by atoms with E-state index in [4.69, 9.17) is 32.7 Å². The van der Waals surface area contributed by atoms with Crippen LogP contribution in [0, 0.1) is 0 Å². The summed E-state index contributed by atoms with van der Waals surface area (Å²) in [4.78, 5) is 2.33.